The van der Waals surface area contributed by atoms with Gasteiger partial charge < -0.3 is 4.74 Å². The smallest absolute Gasteiger partial charge is 0.153 e. The Bertz CT molecular complexity index is 874. The van der Waals surface area contributed by atoms with Gasteiger partial charge in [-0.25, -0.2) is 0 Å². The number of pyridine rings is 1. The molecule has 0 bridgehead atoms. The molecular weight excluding hydrogens is 352 g/mol. The van der Waals surface area contributed by atoms with Crippen molar-refractivity contribution in [2.24, 2.45) is 0 Å². The molecule has 0 amide bonds. The van der Waals surface area contributed by atoms with Gasteiger partial charge in [-0.3, -0.25) is 4.98 Å². The largest absolute Gasteiger partial charge is 0.455 e. The van der Waals surface area contributed by atoms with Crippen LogP contribution in [-0.2, 0) is 0 Å². The van der Waals surface area contributed by atoms with Crippen molar-refractivity contribution in [3.8, 4) is 17.6 Å². The molecule has 3 aromatic rings. The number of fused-ring (bicyclic) bond motifs is 1. The number of halogens is 2. The zero-order valence-corrected chi connectivity index (χ0v) is 13.0. The van der Waals surface area contributed by atoms with Gasteiger partial charge in [0.1, 0.15) is 11.3 Å². The summed E-state index contributed by atoms with van der Waals surface area (Å²) < 4.78 is 6.65. The van der Waals surface area contributed by atoms with Crippen LogP contribution in [0.2, 0.25) is 5.02 Å². The Kier molecular flexibility index (Phi) is 3.78. The van der Waals surface area contributed by atoms with E-state index in [9.17, 15) is 0 Å². The molecule has 0 aliphatic heterocycles. The first-order valence-corrected chi connectivity index (χ1v) is 7.26. The topological polar surface area (TPSA) is 45.9 Å². The summed E-state index contributed by atoms with van der Waals surface area (Å²) in [4.78, 5) is 4.32. The predicted molar refractivity (Wildman–Crippen MR) is 85.7 cm³/mol. The van der Waals surface area contributed by atoms with E-state index in [1.807, 2.05) is 12.1 Å². The van der Waals surface area contributed by atoms with Gasteiger partial charge in [-0.1, -0.05) is 27.5 Å². The lowest BCUT2D eigenvalue weighted by Gasteiger charge is -2.10. The van der Waals surface area contributed by atoms with Crippen LogP contribution in [0.5, 0.6) is 11.5 Å². The van der Waals surface area contributed by atoms with Gasteiger partial charge in [-0.05, 0) is 42.5 Å². The molecule has 3 rings (SSSR count). The predicted octanol–water partition coefficient (Wildman–Crippen LogP) is 5.31. The zero-order valence-electron chi connectivity index (χ0n) is 10.7. The Morgan fingerprint density at radius 2 is 2.05 bits per heavy atom. The van der Waals surface area contributed by atoms with Crippen molar-refractivity contribution < 1.29 is 4.74 Å². The van der Waals surface area contributed by atoms with Crippen molar-refractivity contribution in [3.63, 3.8) is 0 Å². The van der Waals surface area contributed by atoms with E-state index >= 15 is 0 Å². The lowest BCUT2D eigenvalue weighted by atomic mass is 10.2. The molecule has 0 unspecified atom stereocenters. The second kappa shape index (κ2) is 5.72. The minimum Gasteiger partial charge on any atom is -0.455 e. The summed E-state index contributed by atoms with van der Waals surface area (Å²) in [6.45, 7) is 0. The second-order valence-corrected chi connectivity index (χ2v) is 5.66. The molecular formula is C16H8BrClN2O. The first kappa shape index (κ1) is 13.9. The van der Waals surface area contributed by atoms with E-state index in [0.717, 1.165) is 9.86 Å². The number of hydrogen-bond donors (Lipinski definition) is 0. The molecule has 0 radical (unpaired) electrons. The molecule has 0 atom stereocenters. The number of aromatic nitrogens is 1. The summed E-state index contributed by atoms with van der Waals surface area (Å²) in [6.07, 6.45) is 1.69. The highest BCUT2D eigenvalue weighted by Crippen LogP contribution is 2.33. The number of benzene rings is 2. The van der Waals surface area contributed by atoms with Gasteiger partial charge in [0, 0.05) is 16.1 Å². The maximum atomic E-state index is 9.00. The van der Waals surface area contributed by atoms with Crippen LogP contribution in [0.3, 0.4) is 0 Å². The standard InChI is InChI=1S/C16H8BrClN2O/c17-11-6-10(9-19)7-12(8-11)21-15-4-3-14(18)13-2-1-5-20-16(13)15/h1-8H. The fourth-order valence-corrected chi connectivity index (χ4v) is 2.70. The van der Waals surface area contributed by atoms with E-state index in [4.69, 9.17) is 21.6 Å². The number of hydrogen-bond acceptors (Lipinski definition) is 3. The molecule has 1 heterocycles. The molecule has 2 aromatic carbocycles. The molecule has 0 aliphatic rings. The summed E-state index contributed by atoms with van der Waals surface area (Å²) in [5.74, 6) is 1.16. The Morgan fingerprint density at radius 3 is 2.86 bits per heavy atom. The Balaban J connectivity index is 2.09. The van der Waals surface area contributed by atoms with Gasteiger partial charge >= 0.3 is 0 Å². The van der Waals surface area contributed by atoms with Crippen molar-refractivity contribution in [1.82, 2.24) is 4.98 Å². The van der Waals surface area contributed by atoms with E-state index in [1.54, 1.807) is 36.5 Å². The van der Waals surface area contributed by atoms with Gasteiger partial charge in [-0.2, -0.15) is 5.26 Å². The molecule has 0 spiro atoms. The van der Waals surface area contributed by atoms with Crippen molar-refractivity contribution in [3.05, 3.63) is 63.7 Å². The van der Waals surface area contributed by atoms with E-state index in [0.29, 0.717) is 27.6 Å². The second-order valence-electron chi connectivity index (χ2n) is 4.33. The quantitative estimate of drug-likeness (QED) is 0.622. The van der Waals surface area contributed by atoms with Crippen LogP contribution in [0.4, 0.5) is 0 Å². The summed E-state index contributed by atoms with van der Waals surface area (Å²) >= 11 is 9.52. The fourth-order valence-electron chi connectivity index (χ4n) is 2.01. The van der Waals surface area contributed by atoms with E-state index in [-0.39, 0.29) is 0 Å². The molecule has 0 aliphatic carbocycles. The van der Waals surface area contributed by atoms with E-state index in [2.05, 4.69) is 27.0 Å². The molecule has 0 N–H and O–H groups in total. The minimum absolute atomic E-state index is 0.519. The Hall–Kier alpha value is -2.09. The van der Waals surface area contributed by atoms with E-state index in [1.165, 1.54) is 0 Å². The minimum atomic E-state index is 0.519. The molecule has 3 nitrogen and oxygen atoms in total. The number of rotatable bonds is 2. The van der Waals surface area contributed by atoms with Gasteiger partial charge in [0.05, 0.1) is 16.7 Å². The number of nitrogens with zero attached hydrogens (tertiary/aromatic N) is 2. The van der Waals surface area contributed by atoms with E-state index < -0.39 is 0 Å². The van der Waals surface area contributed by atoms with Crippen LogP contribution in [0.1, 0.15) is 5.56 Å². The SMILES string of the molecule is N#Cc1cc(Br)cc(Oc2ccc(Cl)c3cccnc23)c1. The first-order chi connectivity index (χ1) is 10.2. The summed E-state index contributed by atoms with van der Waals surface area (Å²) in [7, 11) is 0. The zero-order chi connectivity index (χ0) is 14.8. The average Bonchev–Trinajstić information content (AvgIpc) is 2.50. The monoisotopic (exact) mass is 358 g/mol. The van der Waals surface area contributed by atoms with Crippen LogP contribution >= 0.6 is 27.5 Å². The van der Waals surface area contributed by atoms with Crippen molar-refractivity contribution in [2.45, 2.75) is 0 Å². The van der Waals surface area contributed by atoms with Gasteiger partial charge in [0.2, 0.25) is 0 Å². The third kappa shape index (κ3) is 2.85. The Labute approximate surface area is 134 Å². The molecule has 0 saturated carbocycles. The highest BCUT2D eigenvalue weighted by atomic mass is 79.9. The fraction of sp³-hybridized carbons (Fsp3) is 0. The third-order valence-corrected chi connectivity index (χ3v) is 3.70. The Morgan fingerprint density at radius 1 is 1.19 bits per heavy atom. The maximum Gasteiger partial charge on any atom is 0.153 e. The molecule has 21 heavy (non-hydrogen) atoms. The van der Waals surface area contributed by atoms with Crippen LogP contribution in [0.15, 0.2) is 53.1 Å². The summed E-state index contributed by atoms with van der Waals surface area (Å²) in [5.41, 5.74) is 1.20. The lowest BCUT2D eigenvalue weighted by molar-refractivity contribution is 0.486. The van der Waals surface area contributed by atoms with Crippen LogP contribution in [0.25, 0.3) is 10.9 Å². The molecule has 102 valence electrons. The van der Waals surface area contributed by atoms with Crippen molar-refractivity contribution in [2.75, 3.05) is 0 Å². The van der Waals surface area contributed by atoms with Gasteiger partial charge in [0.15, 0.2) is 5.75 Å². The summed E-state index contributed by atoms with van der Waals surface area (Å²) in [5, 5.41) is 10.5. The normalized spacial score (nSPS) is 10.3. The molecule has 0 fully saturated rings. The van der Waals surface area contributed by atoms with Crippen LogP contribution < -0.4 is 4.74 Å². The van der Waals surface area contributed by atoms with Crippen LogP contribution in [-0.4, -0.2) is 4.98 Å². The molecule has 0 saturated heterocycles. The summed E-state index contributed by atoms with van der Waals surface area (Å²) in [6, 6.07) is 14.5. The van der Waals surface area contributed by atoms with Gasteiger partial charge in [-0.15, -0.1) is 0 Å². The van der Waals surface area contributed by atoms with Crippen LogP contribution in [0, 0.1) is 11.3 Å². The number of ether oxygens (including phenoxy) is 1. The average molecular weight is 360 g/mol. The molecule has 1 aromatic heterocycles. The maximum absolute atomic E-state index is 9.00. The highest BCUT2D eigenvalue weighted by molar-refractivity contribution is 9.10. The van der Waals surface area contributed by atoms with Gasteiger partial charge in [0.25, 0.3) is 0 Å². The van der Waals surface area contributed by atoms with Crippen molar-refractivity contribution in [1.29, 1.82) is 5.26 Å². The first-order valence-electron chi connectivity index (χ1n) is 6.09. The highest BCUT2D eigenvalue weighted by Gasteiger charge is 2.09. The lowest BCUT2D eigenvalue weighted by Crippen LogP contribution is -1.89. The molecule has 5 heteroatoms. The third-order valence-electron chi connectivity index (χ3n) is 2.91. The number of nitriles is 1. The van der Waals surface area contributed by atoms with Crippen molar-refractivity contribution >= 4 is 38.4 Å².